The summed E-state index contributed by atoms with van der Waals surface area (Å²) in [5.41, 5.74) is -0.0415. The monoisotopic (exact) mass is 263 g/mol. The van der Waals surface area contributed by atoms with Gasteiger partial charge in [-0.1, -0.05) is 11.6 Å². The molecule has 0 aliphatic rings. The first-order chi connectivity index (χ1) is 5.90. The Morgan fingerprint density at radius 3 is 2.54 bits per heavy atom. The Balaban J connectivity index is 2.96. The van der Waals surface area contributed by atoms with E-state index < -0.39 is 0 Å². The highest BCUT2D eigenvalue weighted by Gasteiger charge is 2.14. The Kier molecular flexibility index (Phi) is 3.14. The third-order valence-electron chi connectivity index (χ3n) is 1.24. The molecule has 0 saturated heterocycles. The molecule has 3 nitrogen and oxygen atoms in total. The van der Waals surface area contributed by atoms with Crippen LogP contribution in [-0.2, 0) is 0 Å². The van der Waals surface area contributed by atoms with Crippen LogP contribution in [0.5, 0.6) is 0 Å². The molecule has 0 aliphatic carbocycles. The summed E-state index contributed by atoms with van der Waals surface area (Å²) >= 11 is 9.12. The standard InChI is InChI=1S/C8H11BrClN3/c1-8(2,3)13-7-5(9)6(10)11-4-12-7/h4H,1-3H3,(H,11,12,13). The fourth-order valence-corrected chi connectivity index (χ4v) is 1.23. The van der Waals surface area contributed by atoms with Gasteiger partial charge < -0.3 is 5.32 Å². The molecule has 1 aromatic rings. The van der Waals surface area contributed by atoms with E-state index >= 15 is 0 Å². The lowest BCUT2D eigenvalue weighted by Crippen LogP contribution is -2.27. The predicted molar refractivity (Wildman–Crippen MR) is 58.1 cm³/mol. The van der Waals surface area contributed by atoms with E-state index in [0.717, 1.165) is 0 Å². The van der Waals surface area contributed by atoms with Crippen LogP contribution in [0.25, 0.3) is 0 Å². The maximum Gasteiger partial charge on any atom is 0.148 e. The molecule has 0 fully saturated rings. The number of hydrogen-bond acceptors (Lipinski definition) is 3. The lowest BCUT2D eigenvalue weighted by atomic mass is 10.1. The van der Waals surface area contributed by atoms with Crippen LogP contribution in [-0.4, -0.2) is 15.5 Å². The fraction of sp³-hybridized carbons (Fsp3) is 0.500. The normalized spacial score (nSPS) is 11.5. The predicted octanol–water partition coefficient (Wildman–Crippen LogP) is 3.10. The van der Waals surface area contributed by atoms with Crippen LogP contribution in [0.15, 0.2) is 10.8 Å². The maximum absolute atomic E-state index is 5.80. The second kappa shape index (κ2) is 3.80. The molecule has 0 atom stereocenters. The van der Waals surface area contributed by atoms with Gasteiger partial charge in [0.2, 0.25) is 0 Å². The number of rotatable bonds is 1. The van der Waals surface area contributed by atoms with Gasteiger partial charge in [-0.05, 0) is 36.7 Å². The molecule has 1 rings (SSSR count). The van der Waals surface area contributed by atoms with E-state index in [4.69, 9.17) is 11.6 Å². The largest absolute Gasteiger partial charge is 0.364 e. The Labute approximate surface area is 91.1 Å². The van der Waals surface area contributed by atoms with E-state index in [0.29, 0.717) is 15.4 Å². The summed E-state index contributed by atoms with van der Waals surface area (Å²) in [5, 5.41) is 3.63. The van der Waals surface area contributed by atoms with Crippen LogP contribution in [0.4, 0.5) is 5.82 Å². The smallest absolute Gasteiger partial charge is 0.148 e. The highest BCUT2D eigenvalue weighted by molar-refractivity contribution is 9.10. The summed E-state index contributed by atoms with van der Waals surface area (Å²) < 4.78 is 0.701. The number of aromatic nitrogens is 2. The molecule has 0 aliphatic heterocycles. The van der Waals surface area contributed by atoms with Crippen LogP contribution in [0.1, 0.15) is 20.8 Å². The summed E-state index contributed by atoms with van der Waals surface area (Å²) in [4.78, 5) is 7.91. The van der Waals surface area contributed by atoms with Gasteiger partial charge in [0.1, 0.15) is 17.3 Å². The molecule has 0 aromatic carbocycles. The average Bonchev–Trinajstić information content (AvgIpc) is 1.96. The van der Waals surface area contributed by atoms with Gasteiger partial charge in [-0.2, -0.15) is 0 Å². The van der Waals surface area contributed by atoms with Crippen molar-refractivity contribution in [1.82, 2.24) is 9.97 Å². The number of hydrogen-bond donors (Lipinski definition) is 1. The van der Waals surface area contributed by atoms with Crippen LogP contribution >= 0.6 is 27.5 Å². The Bertz CT molecular complexity index is 309. The first-order valence-corrected chi connectivity index (χ1v) is 5.01. The molecule has 0 amide bonds. The number of nitrogens with zero attached hydrogens (tertiary/aromatic N) is 2. The Morgan fingerprint density at radius 2 is 2.00 bits per heavy atom. The van der Waals surface area contributed by atoms with Crippen molar-refractivity contribution in [2.45, 2.75) is 26.3 Å². The zero-order valence-corrected chi connectivity index (χ0v) is 10.1. The zero-order chi connectivity index (χ0) is 10.1. The van der Waals surface area contributed by atoms with E-state index in [9.17, 15) is 0 Å². The van der Waals surface area contributed by atoms with Crippen molar-refractivity contribution in [1.29, 1.82) is 0 Å². The average molecular weight is 265 g/mol. The summed E-state index contributed by atoms with van der Waals surface area (Å²) in [6, 6.07) is 0. The van der Waals surface area contributed by atoms with E-state index in [1.807, 2.05) is 0 Å². The zero-order valence-electron chi connectivity index (χ0n) is 7.73. The van der Waals surface area contributed by atoms with E-state index in [1.54, 1.807) is 0 Å². The summed E-state index contributed by atoms with van der Waals surface area (Å²) in [5.74, 6) is 0.715. The number of nitrogens with one attached hydrogen (secondary N) is 1. The van der Waals surface area contributed by atoms with Crippen LogP contribution in [0, 0.1) is 0 Å². The van der Waals surface area contributed by atoms with Crippen molar-refractivity contribution < 1.29 is 0 Å². The van der Waals surface area contributed by atoms with Crippen molar-refractivity contribution in [2.75, 3.05) is 5.32 Å². The second-order valence-corrected chi connectivity index (χ2v) is 4.85. The Morgan fingerprint density at radius 1 is 1.38 bits per heavy atom. The molecule has 0 saturated carbocycles. The highest BCUT2D eigenvalue weighted by atomic mass is 79.9. The van der Waals surface area contributed by atoms with Crippen LogP contribution in [0.3, 0.4) is 0 Å². The third-order valence-corrected chi connectivity index (χ3v) is 2.51. The number of anilines is 1. The summed E-state index contributed by atoms with van der Waals surface area (Å²) in [6.45, 7) is 6.15. The molecule has 0 unspecified atom stereocenters. The van der Waals surface area contributed by atoms with Crippen molar-refractivity contribution in [3.8, 4) is 0 Å². The van der Waals surface area contributed by atoms with Crippen molar-refractivity contribution in [2.24, 2.45) is 0 Å². The van der Waals surface area contributed by atoms with E-state index in [1.165, 1.54) is 6.33 Å². The molecule has 72 valence electrons. The van der Waals surface area contributed by atoms with Gasteiger partial charge in [0.15, 0.2) is 0 Å². The molecule has 1 aromatic heterocycles. The van der Waals surface area contributed by atoms with Crippen molar-refractivity contribution in [3.05, 3.63) is 16.0 Å². The molecular weight excluding hydrogens is 253 g/mol. The SMILES string of the molecule is CC(C)(C)Nc1ncnc(Cl)c1Br. The van der Waals surface area contributed by atoms with Crippen molar-refractivity contribution >= 4 is 33.3 Å². The third kappa shape index (κ3) is 3.12. The van der Waals surface area contributed by atoms with Crippen LogP contribution in [0.2, 0.25) is 5.15 Å². The number of halogens is 2. The quantitative estimate of drug-likeness (QED) is 0.792. The summed E-state index contributed by atoms with van der Waals surface area (Å²) in [7, 11) is 0. The fourth-order valence-electron chi connectivity index (χ4n) is 0.791. The van der Waals surface area contributed by atoms with Crippen LogP contribution < -0.4 is 5.32 Å². The molecule has 5 heteroatoms. The molecule has 0 bridgehead atoms. The van der Waals surface area contributed by atoms with Gasteiger partial charge in [0, 0.05) is 5.54 Å². The lowest BCUT2D eigenvalue weighted by Gasteiger charge is -2.21. The minimum Gasteiger partial charge on any atom is -0.364 e. The van der Waals surface area contributed by atoms with Gasteiger partial charge in [-0.25, -0.2) is 9.97 Å². The van der Waals surface area contributed by atoms with E-state index in [-0.39, 0.29) is 5.54 Å². The van der Waals surface area contributed by atoms with Gasteiger partial charge in [-0.3, -0.25) is 0 Å². The first kappa shape index (κ1) is 10.7. The molecule has 0 spiro atoms. The lowest BCUT2D eigenvalue weighted by molar-refractivity contribution is 0.629. The molecule has 1 heterocycles. The molecule has 1 N–H and O–H groups in total. The second-order valence-electron chi connectivity index (χ2n) is 3.70. The van der Waals surface area contributed by atoms with E-state index in [2.05, 4.69) is 52.0 Å². The topological polar surface area (TPSA) is 37.8 Å². The first-order valence-electron chi connectivity index (χ1n) is 3.84. The molecule has 13 heavy (non-hydrogen) atoms. The molecular formula is C8H11BrClN3. The van der Waals surface area contributed by atoms with Gasteiger partial charge in [-0.15, -0.1) is 0 Å². The minimum absolute atomic E-state index is 0.0415. The summed E-state index contributed by atoms with van der Waals surface area (Å²) in [6.07, 6.45) is 1.43. The minimum atomic E-state index is -0.0415. The van der Waals surface area contributed by atoms with Gasteiger partial charge >= 0.3 is 0 Å². The Hall–Kier alpha value is -0.350. The molecule has 0 radical (unpaired) electrons. The van der Waals surface area contributed by atoms with Gasteiger partial charge in [0.25, 0.3) is 0 Å². The highest BCUT2D eigenvalue weighted by Crippen LogP contribution is 2.27. The van der Waals surface area contributed by atoms with Crippen molar-refractivity contribution in [3.63, 3.8) is 0 Å². The van der Waals surface area contributed by atoms with Gasteiger partial charge in [0.05, 0.1) is 4.47 Å². The maximum atomic E-state index is 5.80.